The topological polar surface area (TPSA) is 69.6 Å². The number of methoxy groups -OCH3 is 1. The van der Waals surface area contributed by atoms with Gasteiger partial charge in [-0.25, -0.2) is 4.79 Å². The Morgan fingerprint density at radius 1 is 1.10 bits per heavy atom. The van der Waals surface area contributed by atoms with Crippen molar-refractivity contribution in [3.63, 3.8) is 0 Å². The van der Waals surface area contributed by atoms with Gasteiger partial charge in [0.25, 0.3) is 5.91 Å². The van der Waals surface area contributed by atoms with Crippen molar-refractivity contribution in [1.82, 2.24) is 4.57 Å². The number of nitrogens with one attached hydrogen (secondary N) is 1. The molecule has 3 aromatic rings. The minimum Gasteiger partial charge on any atom is -0.496 e. The van der Waals surface area contributed by atoms with Gasteiger partial charge in [0.1, 0.15) is 11.3 Å². The predicted octanol–water partition coefficient (Wildman–Crippen LogP) is 4.16. The first-order valence-corrected chi connectivity index (χ1v) is 8.47. The van der Waals surface area contributed by atoms with Crippen LogP contribution in [0.3, 0.4) is 0 Å². The second-order valence-corrected chi connectivity index (χ2v) is 6.20. The van der Waals surface area contributed by atoms with Crippen molar-refractivity contribution in [2.45, 2.75) is 6.18 Å². The third-order valence-corrected chi connectivity index (χ3v) is 4.17. The lowest BCUT2D eigenvalue weighted by atomic mass is 10.1. The zero-order valence-electron chi connectivity index (χ0n) is 15.5. The molecule has 0 radical (unpaired) electrons. The Kier molecular flexibility index (Phi) is 5.49. The number of aromatic nitrogens is 1. The molecular weight excluding hydrogens is 389 g/mol. The van der Waals surface area contributed by atoms with Crippen molar-refractivity contribution in [2.75, 3.05) is 19.0 Å². The quantitative estimate of drug-likeness (QED) is 0.646. The number of fused-ring (bicyclic) bond motifs is 1. The van der Waals surface area contributed by atoms with E-state index in [9.17, 15) is 22.8 Å². The van der Waals surface area contributed by atoms with E-state index in [1.54, 1.807) is 43.4 Å². The number of carbonyl (C=O) groups is 2. The third-order valence-electron chi connectivity index (χ3n) is 4.17. The molecule has 29 heavy (non-hydrogen) atoms. The summed E-state index contributed by atoms with van der Waals surface area (Å²) in [5, 5.41) is 3.11. The zero-order chi connectivity index (χ0) is 21.2. The second kappa shape index (κ2) is 7.86. The Bertz CT molecular complexity index is 1060. The molecule has 0 spiro atoms. The minimum absolute atomic E-state index is 0.0425. The van der Waals surface area contributed by atoms with Gasteiger partial charge >= 0.3 is 12.1 Å². The number of benzene rings is 2. The molecule has 9 heteroatoms. The normalized spacial score (nSPS) is 11.3. The number of alkyl halides is 3. The van der Waals surface area contributed by atoms with Gasteiger partial charge in [-0.05, 0) is 24.3 Å². The van der Waals surface area contributed by atoms with Crippen LogP contribution in [0.5, 0.6) is 5.75 Å². The smallest absolute Gasteiger partial charge is 0.422 e. The lowest BCUT2D eigenvalue weighted by Gasteiger charge is -2.12. The van der Waals surface area contributed by atoms with E-state index >= 15 is 0 Å². The second-order valence-electron chi connectivity index (χ2n) is 6.20. The summed E-state index contributed by atoms with van der Waals surface area (Å²) in [4.78, 5) is 25.1. The van der Waals surface area contributed by atoms with Gasteiger partial charge in [0.15, 0.2) is 6.61 Å². The summed E-state index contributed by atoms with van der Waals surface area (Å²) >= 11 is 0. The largest absolute Gasteiger partial charge is 0.496 e. The monoisotopic (exact) mass is 406 g/mol. The molecule has 0 aliphatic carbocycles. The number of hydrogen-bond acceptors (Lipinski definition) is 4. The number of anilines is 1. The van der Waals surface area contributed by atoms with E-state index in [1.807, 2.05) is 0 Å². The molecular formula is C20H17F3N2O4. The van der Waals surface area contributed by atoms with Crippen LogP contribution in [0.2, 0.25) is 0 Å². The van der Waals surface area contributed by atoms with Gasteiger partial charge in [-0.15, -0.1) is 0 Å². The Morgan fingerprint density at radius 3 is 2.41 bits per heavy atom. The number of aryl methyl sites for hydroxylation is 1. The molecule has 1 aromatic heterocycles. The summed E-state index contributed by atoms with van der Waals surface area (Å²) in [5.41, 5.74) is 0.872. The first-order valence-electron chi connectivity index (χ1n) is 8.47. The van der Waals surface area contributed by atoms with E-state index in [-0.39, 0.29) is 22.4 Å². The number of carbonyl (C=O) groups excluding carboxylic acids is 2. The fourth-order valence-electron chi connectivity index (χ4n) is 2.97. The van der Waals surface area contributed by atoms with E-state index in [0.29, 0.717) is 11.1 Å². The molecule has 1 N–H and O–H groups in total. The van der Waals surface area contributed by atoms with Crippen LogP contribution < -0.4 is 10.1 Å². The third kappa shape index (κ3) is 4.34. The Balaban J connectivity index is 2.03. The molecule has 0 aliphatic heterocycles. The van der Waals surface area contributed by atoms with E-state index in [1.165, 1.54) is 23.9 Å². The number of ether oxygens (including phenoxy) is 2. The van der Waals surface area contributed by atoms with Gasteiger partial charge < -0.3 is 19.4 Å². The molecule has 1 heterocycles. The van der Waals surface area contributed by atoms with Crippen LogP contribution in [0.25, 0.3) is 10.9 Å². The molecule has 0 fully saturated rings. The number of esters is 1. The van der Waals surface area contributed by atoms with Gasteiger partial charge in [-0.3, -0.25) is 4.79 Å². The number of halogens is 3. The van der Waals surface area contributed by atoms with Crippen LogP contribution in [0.4, 0.5) is 18.9 Å². The van der Waals surface area contributed by atoms with Crippen molar-refractivity contribution in [2.24, 2.45) is 7.05 Å². The Labute approximate surface area is 163 Å². The molecule has 0 aliphatic rings. The standard InChI is InChI=1S/C20H17F3N2O4/c1-25-10-14(18(26)24-12-6-4-3-5-7-12)13-8-9-15(28-2)16(17(13)25)19(27)29-11-20(21,22)23/h3-10H,11H2,1-2H3,(H,24,26). The predicted molar refractivity (Wildman–Crippen MR) is 100 cm³/mol. The number of hydrogen-bond donors (Lipinski definition) is 1. The Morgan fingerprint density at radius 2 is 1.79 bits per heavy atom. The van der Waals surface area contributed by atoms with Crippen molar-refractivity contribution in [3.05, 3.63) is 59.8 Å². The summed E-state index contributed by atoms with van der Waals surface area (Å²) in [6, 6.07) is 11.7. The molecule has 2 aromatic carbocycles. The number of para-hydroxylation sites is 1. The van der Waals surface area contributed by atoms with Gasteiger partial charge in [-0.2, -0.15) is 13.2 Å². The number of nitrogens with zero attached hydrogens (tertiary/aromatic N) is 1. The summed E-state index contributed by atoms with van der Waals surface area (Å²) in [6.45, 7) is -1.73. The molecule has 152 valence electrons. The van der Waals surface area contributed by atoms with Crippen molar-refractivity contribution >= 4 is 28.5 Å². The molecule has 0 bridgehead atoms. The lowest BCUT2D eigenvalue weighted by Crippen LogP contribution is -2.21. The lowest BCUT2D eigenvalue weighted by molar-refractivity contribution is -0.161. The highest BCUT2D eigenvalue weighted by atomic mass is 19.4. The van der Waals surface area contributed by atoms with Gasteiger partial charge in [-0.1, -0.05) is 18.2 Å². The summed E-state index contributed by atoms with van der Waals surface area (Å²) in [7, 11) is 2.86. The average molecular weight is 406 g/mol. The van der Waals surface area contributed by atoms with Crippen molar-refractivity contribution in [3.8, 4) is 5.75 Å². The zero-order valence-corrected chi connectivity index (χ0v) is 15.5. The molecule has 0 atom stereocenters. The highest BCUT2D eigenvalue weighted by molar-refractivity contribution is 6.16. The number of amides is 1. The summed E-state index contributed by atoms with van der Waals surface area (Å²) in [5.74, 6) is -1.58. The first-order chi connectivity index (χ1) is 13.7. The molecule has 0 saturated carbocycles. The van der Waals surface area contributed by atoms with Crippen LogP contribution >= 0.6 is 0 Å². The van der Waals surface area contributed by atoms with Gasteiger partial charge in [0.2, 0.25) is 0 Å². The molecule has 6 nitrogen and oxygen atoms in total. The van der Waals surface area contributed by atoms with Crippen LogP contribution in [-0.2, 0) is 11.8 Å². The van der Waals surface area contributed by atoms with Crippen molar-refractivity contribution < 1.29 is 32.2 Å². The molecule has 0 unspecified atom stereocenters. The van der Waals surface area contributed by atoms with Gasteiger partial charge in [0.05, 0.1) is 18.2 Å². The fraction of sp³-hybridized carbons (Fsp3) is 0.200. The maximum absolute atomic E-state index is 12.7. The van der Waals surface area contributed by atoms with Crippen molar-refractivity contribution in [1.29, 1.82) is 0 Å². The molecule has 3 rings (SSSR count). The summed E-state index contributed by atoms with van der Waals surface area (Å²) < 4.78 is 48.4. The maximum atomic E-state index is 12.7. The average Bonchev–Trinajstić information content (AvgIpc) is 3.02. The minimum atomic E-state index is -4.66. The maximum Gasteiger partial charge on any atom is 0.422 e. The number of rotatable bonds is 5. The highest BCUT2D eigenvalue weighted by Gasteiger charge is 2.32. The summed E-state index contributed by atoms with van der Waals surface area (Å²) in [6.07, 6.45) is -3.17. The molecule has 0 saturated heterocycles. The fourth-order valence-corrected chi connectivity index (χ4v) is 2.97. The van der Waals surface area contributed by atoms with Crippen LogP contribution in [-0.4, -0.2) is 36.3 Å². The van der Waals surface area contributed by atoms with Crippen LogP contribution in [0.1, 0.15) is 20.7 Å². The van der Waals surface area contributed by atoms with E-state index in [0.717, 1.165) is 0 Å². The van der Waals surface area contributed by atoms with Crippen LogP contribution in [0, 0.1) is 0 Å². The van der Waals surface area contributed by atoms with E-state index in [4.69, 9.17) is 4.74 Å². The first kappa shape index (κ1) is 20.2. The highest BCUT2D eigenvalue weighted by Crippen LogP contribution is 2.32. The molecule has 1 amide bonds. The Hall–Kier alpha value is -3.49. The van der Waals surface area contributed by atoms with E-state index < -0.39 is 24.7 Å². The van der Waals surface area contributed by atoms with E-state index in [2.05, 4.69) is 10.1 Å². The van der Waals surface area contributed by atoms with Crippen LogP contribution in [0.15, 0.2) is 48.7 Å². The van der Waals surface area contributed by atoms with Gasteiger partial charge in [0, 0.05) is 24.3 Å². The SMILES string of the molecule is COc1ccc2c(C(=O)Nc3ccccc3)cn(C)c2c1C(=O)OCC(F)(F)F.